The fourth-order valence-electron chi connectivity index (χ4n) is 3.18. The van der Waals surface area contributed by atoms with Gasteiger partial charge in [-0.15, -0.1) is 0 Å². The molecule has 0 saturated carbocycles. The predicted molar refractivity (Wildman–Crippen MR) is 99.1 cm³/mol. The first-order chi connectivity index (χ1) is 12.8. The summed E-state index contributed by atoms with van der Waals surface area (Å²) in [6.45, 7) is 5.22. The van der Waals surface area contributed by atoms with E-state index in [1.165, 1.54) is 0 Å². The Kier molecular flexibility index (Phi) is 4.84. The number of rotatable bonds is 6. The second-order valence-electron chi connectivity index (χ2n) is 6.34. The molecule has 0 fully saturated rings. The van der Waals surface area contributed by atoms with Crippen LogP contribution in [0.3, 0.4) is 0 Å². The molecule has 6 nitrogen and oxygen atoms in total. The first-order valence-corrected chi connectivity index (χ1v) is 8.87. The average molecular weight is 350 g/mol. The van der Waals surface area contributed by atoms with E-state index in [0.717, 1.165) is 48.0 Å². The van der Waals surface area contributed by atoms with Crippen LogP contribution in [-0.2, 0) is 6.54 Å². The number of benzene rings is 1. The fourth-order valence-corrected chi connectivity index (χ4v) is 3.18. The van der Waals surface area contributed by atoms with Crippen LogP contribution in [-0.4, -0.2) is 45.9 Å². The number of para-hydroxylation sites is 2. The van der Waals surface area contributed by atoms with Crippen LogP contribution >= 0.6 is 0 Å². The topological polar surface area (TPSA) is 63.3 Å². The van der Waals surface area contributed by atoms with Crippen molar-refractivity contribution >= 4 is 0 Å². The number of hydrogen-bond donors (Lipinski definition) is 1. The Labute approximate surface area is 152 Å². The van der Waals surface area contributed by atoms with E-state index >= 15 is 0 Å². The number of aromatic nitrogens is 3. The van der Waals surface area contributed by atoms with Gasteiger partial charge in [0.05, 0.1) is 11.9 Å². The molecule has 1 aliphatic rings. The minimum atomic E-state index is 0.0126. The summed E-state index contributed by atoms with van der Waals surface area (Å²) in [6.07, 6.45) is 5.52. The molecule has 0 radical (unpaired) electrons. The summed E-state index contributed by atoms with van der Waals surface area (Å²) in [5.74, 6) is 1.64. The second-order valence-corrected chi connectivity index (χ2v) is 6.34. The van der Waals surface area contributed by atoms with Gasteiger partial charge in [-0.25, -0.2) is 0 Å². The zero-order valence-electron chi connectivity index (χ0n) is 14.8. The van der Waals surface area contributed by atoms with Gasteiger partial charge in [0.2, 0.25) is 0 Å². The molecule has 0 spiro atoms. The van der Waals surface area contributed by atoms with Gasteiger partial charge < -0.3 is 9.47 Å². The van der Waals surface area contributed by atoms with E-state index in [1.54, 1.807) is 6.20 Å². The molecule has 26 heavy (non-hydrogen) atoms. The van der Waals surface area contributed by atoms with Gasteiger partial charge in [0.1, 0.15) is 12.7 Å². The Morgan fingerprint density at radius 1 is 1.15 bits per heavy atom. The van der Waals surface area contributed by atoms with E-state index in [1.807, 2.05) is 48.8 Å². The first-order valence-electron chi connectivity index (χ1n) is 8.87. The molecule has 3 heterocycles. The molecule has 1 aromatic carbocycles. The summed E-state index contributed by atoms with van der Waals surface area (Å²) in [4.78, 5) is 6.54. The van der Waals surface area contributed by atoms with Gasteiger partial charge in [0.15, 0.2) is 11.5 Å². The van der Waals surface area contributed by atoms with Gasteiger partial charge in [-0.05, 0) is 30.8 Å². The summed E-state index contributed by atoms with van der Waals surface area (Å²) < 4.78 is 11.9. The smallest absolute Gasteiger partial charge is 0.161 e. The Morgan fingerprint density at radius 2 is 2.04 bits per heavy atom. The Hall–Kier alpha value is -2.86. The van der Waals surface area contributed by atoms with Crippen LogP contribution in [0, 0.1) is 0 Å². The summed E-state index contributed by atoms with van der Waals surface area (Å²) in [6, 6.07) is 11.8. The van der Waals surface area contributed by atoms with Gasteiger partial charge in [0.25, 0.3) is 0 Å². The van der Waals surface area contributed by atoms with E-state index < -0.39 is 0 Å². The Bertz CT molecular complexity index is 850. The largest absolute Gasteiger partial charge is 0.486 e. The summed E-state index contributed by atoms with van der Waals surface area (Å²) >= 11 is 0. The molecule has 134 valence electrons. The van der Waals surface area contributed by atoms with E-state index in [9.17, 15) is 0 Å². The third-order valence-corrected chi connectivity index (χ3v) is 4.54. The zero-order chi connectivity index (χ0) is 17.8. The predicted octanol–water partition coefficient (Wildman–Crippen LogP) is 3.13. The van der Waals surface area contributed by atoms with Gasteiger partial charge in [0, 0.05) is 36.6 Å². The molecule has 3 aromatic rings. The van der Waals surface area contributed by atoms with Crippen molar-refractivity contribution in [1.82, 2.24) is 20.1 Å². The molecular weight excluding hydrogens is 328 g/mol. The van der Waals surface area contributed by atoms with Crippen LogP contribution in [0.15, 0.2) is 55.0 Å². The highest BCUT2D eigenvalue weighted by molar-refractivity contribution is 5.61. The van der Waals surface area contributed by atoms with Crippen LogP contribution in [0.25, 0.3) is 11.3 Å². The maximum absolute atomic E-state index is 6.10. The lowest BCUT2D eigenvalue weighted by Crippen LogP contribution is -2.40. The number of likely N-dealkylation sites (N-methyl/N-ethyl adjacent to an activating group) is 1. The van der Waals surface area contributed by atoms with Crippen LogP contribution in [0.5, 0.6) is 11.5 Å². The molecule has 2 aromatic heterocycles. The van der Waals surface area contributed by atoms with Crippen molar-refractivity contribution in [3.63, 3.8) is 0 Å². The van der Waals surface area contributed by atoms with Crippen molar-refractivity contribution in [3.8, 4) is 22.8 Å². The van der Waals surface area contributed by atoms with Crippen LogP contribution in [0.1, 0.15) is 12.5 Å². The van der Waals surface area contributed by atoms with Crippen LogP contribution in [0.2, 0.25) is 0 Å². The SMILES string of the molecule is CCN(Cc1cn[nH]c1-c1cccnc1)CC1COc2ccccc2O1. The van der Waals surface area contributed by atoms with Crippen molar-refractivity contribution in [2.75, 3.05) is 19.7 Å². The number of fused-ring (bicyclic) bond motifs is 1. The third-order valence-electron chi connectivity index (χ3n) is 4.54. The number of nitrogens with zero attached hydrogens (tertiary/aromatic N) is 3. The molecule has 0 aliphatic carbocycles. The lowest BCUT2D eigenvalue weighted by molar-refractivity contribution is 0.0580. The molecule has 6 heteroatoms. The maximum Gasteiger partial charge on any atom is 0.161 e. The highest BCUT2D eigenvalue weighted by Crippen LogP contribution is 2.31. The van der Waals surface area contributed by atoms with Crippen LogP contribution in [0.4, 0.5) is 0 Å². The van der Waals surface area contributed by atoms with E-state index in [0.29, 0.717) is 6.61 Å². The molecule has 0 bridgehead atoms. The lowest BCUT2D eigenvalue weighted by Gasteiger charge is -2.30. The Morgan fingerprint density at radius 3 is 2.85 bits per heavy atom. The molecule has 0 saturated heterocycles. The zero-order valence-corrected chi connectivity index (χ0v) is 14.8. The molecule has 0 amide bonds. The highest BCUT2D eigenvalue weighted by Gasteiger charge is 2.23. The average Bonchev–Trinajstić information content (AvgIpc) is 3.16. The monoisotopic (exact) mass is 350 g/mol. The molecular formula is C20H22N4O2. The quantitative estimate of drug-likeness (QED) is 0.740. The number of ether oxygens (including phenoxy) is 2. The van der Waals surface area contributed by atoms with Crippen molar-refractivity contribution in [2.45, 2.75) is 19.6 Å². The van der Waals surface area contributed by atoms with Crippen molar-refractivity contribution in [3.05, 3.63) is 60.6 Å². The highest BCUT2D eigenvalue weighted by atomic mass is 16.6. The minimum absolute atomic E-state index is 0.0126. The minimum Gasteiger partial charge on any atom is -0.486 e. The summed E-state index contributed by atoms with van der Waals surface area (Å²) in [5, 5.41) is 7.32. The van der Waals surface area contributed by atoms with E-state index in [2.05, 4.69) is 27.0 Å². The van der Waals surface area contributed by atoms with Crippen molar-refractivity contribution in [1.29, 1.82) is 0 Å². The molecule has 4 rings (SSSR count). The fraction of sp³-hybridized carbons (Fsp3) is 0.300. The maximum atomic E-state index is 6.10. The standard InChI is InChI=1S/C20H22N4O2/c1-2-24(13-17-14-25-18-7-3-4-8-19(18)26-17)12-16-11-22-23-20(16)15-6-5-9-21-10-15/h3-11,17H,2,12-14H2,1H3,(H,22,23). The van der Waals surface area contributed by atoms with E-state index in [4.69, 9.17) is 9.47 Å². The van der Waals surface area contributed by atoms with Gasteiger partial charge >= 0.3 is 0 Å². The van der Waals surface area contributed by atoms with E-state index in [-0.39, 0.29) is 6.10 Å². The van der Waals surface area contributed by atoms with Crippen LogP contribution < -0.4 is 9.47 Å². The molecule has 1 aliphatic heterocycles. The summed E-state index contributed by atoms with van der Waals surface area (Å²) in [5.41, 5.74) is 3.21. The second kappa shape index (κ2) is 7.58. The number of H-pyrrole nitrogens is 1. The summed E-state index contributed by atoms with van der Waals surface area (Å²) in [7, 11) is 0. The number of aromatic amines is 1. The van der Waals surface area contributed by atoms with Crippen molar-refractivity contribution in [2.24, 2.45) is 0 Å². The molecule has 1 atom stereocenters. The van der Waals surface area contributed by atoms with Gasteiger partial charge in [-0.2, -0.15) is 5.10 Å². The first kappa shape index (κ1) is 16.6. The van der Waals surface area contributed by atoms with Gasteiger partial charge in [-0.3, -0.25) is 15.0 Å². The molecule has 1 unspecified atom stereocenters. The lowest BCUT2D eigenvalue weighted by atomic mass is 10.1. The number of nitrogens with one attached hydrogen (secondary N) is 1. The normalized spacial score (nSPS) is 16.0. The third kappa shape index (κ3) is 3.55. The number of pyridine rings is 1. The van der Waals surface area contributed by atoms with Gasteiger partial charge in [-0.1, -0.05) is 19.1 Å². The van der Waals surface area contributed by atoms with Crippen molar-refractivity contribution < 1.29 is 9.47 Å². The molecule has 1 N–H and O–H groups in total. The Balaban J connectivity index is 1.44. The number of hydrogen-bond acceptors (Lipinski definition) is 5.